The molecule has 1 aliphatic heterocycles. The number of rotatable bonds is 17. The summed E-state index contributed by atoms with van der Waals surface area (Å²) in [7, 11) is 0. The van der Waals surface area contributed by atoms with Gasteiger partial charge in [-0.1, -0.05) is 0 Å². The maximum atomic E-state index is 14.3. The highest BCUT2D eigenvalue weighted by Crippen LogP contribution is 2.35. The zero-order valence-corrected chi connectivity index (χ0v) is 33.9. The Balaban J connectivity index is 1.96. The molecular weight excluding hydrogens is 806 g/mol. The Morgan fingerprint density at radius 2 is 1.49 bits per heavy atom. The SMILES string of the molecule is C[C@H]1Oc2ccc(F)cc2N(CCOC(=O)NCCNC(=O)CC[C@H](NC(=O)OC(C)(C)C)C(=O)OC(C)(C)C)C(=O)[C@H]1NC[C@](C)(O)C(=O)NCC(F)(F)C(F)(F)F. The van der Waals surface area contributed by atoms with Crippen molar-refractivity contribution < 1.29 is 79.2 Å². The Kier molecular flexibility index (Phi) is 17.2. The van der Waals surface area contributed by atoms with E-state index < -0.39 is 115 Å². The highest BCUT2D eigenvalue weighted by atomic mass is 19.4. The van der Waals surface area contributed by atoms with Crippen LogP contribution in [-0.4, -0.2) is 127 Å². The summed E-state index contributed by atoms with van der Waals surface area (Å²) in [6, 6.07) is 0.579. The molecule has 0 unspecified atom stereocenters. The van der Waals surface area contributed by atoms with Crippen LogP contribution in [0.25, 0.3) is 0 Å². The lowest BCUT2D eigenvalue weighted by molar-refractivity contribution is -0.279. The van der Waals surface area contributed by atoms with Crippen LogP contribution in [-0.2, 0) is 33.4 Å². The van der Waals surface area contributed by atoms with Crippen LogP contribution in [0.15, 0.2) is 18.2 Å². The van der Waals surface area contributed by atoms with Crippen molar-refractivity contribution in [2.75, 3.05) is 44.2 Å². The molecule has 2 rings (SSSR count). The van der Waals surface area contributed by atoms with Gasteiger partial charge in [0.1, 0.15) is 47.6 Å². The number of nitrogens with one attached hydrogen (secondary N) is 5. The number of carbonyl (C=O) groups excluding carboxylic acids is 6. The van der Waals surface area contributed by atoms with Gasteiger partial charge >= 0.3 is 30.3 Å². The second-order valence-corrected chi connectivity index (χ2v) is 15.6. The van der Waals surface area contributed by atoms with Crippen molar-refractivity contribution >= 4 is 41.6 Å². The van der Waals surface area contributed by atoms with E-state index in [-0.39, 0.29) is 37.4 Å². The van der Waals surface area contributed by atoms with E-state index in [1.54, 1.807) is 41.5 Å². The average Bonchev–Trinajstić information content (AvgIpc) is 3.17. The maximum Gasteiger partial charge on any atom is 0.455 e. The summed E-state index contributed by atoms with van der Waals surface area (Å²) in [4.78, 5) is 77.0. The highest BCUT2D eigenvalue weighted by Gasteiger charge is 2.57. The Labute approximate surface area is 336 Å². The van der Waals surface area contributed by atoms with E-state index in [4.69, 9.17) is 18.9 Å². The van der Waals surface area contributed by atoms with Crippen molar-refractivity contribution in [2.24, 2.45) is 0 Å². The molecule has 0 saturated carbocycles. The molecule has 0 saturated heterocycles. The van der Waals surface area contributed by atoms with Gasteiger partial charge in [-0.05, 0) is 73.9 Å². The Bertz CT molecular complexity index is 1670. The van der Waals surface area contributed by atoms with Gasteiger partial charge in [-0.3, -0.25) is 19.7 Å². The molecular formula is C36H52F6N6O11. The molecule has 6 N–H and O–H groups in total. The minimum Gasteiger partial charge on any atom is -0.486 e. The summed E-state index contributed by atoms with van der Waals surface area (Å²) < 4.78 is 100. The monoisotopic (exact) mass is 858 g/mol. The number of alkyl halides is 5. The summed E-state index contributed by atoms with van der Waals surface area (Å²) in [5.41, 5.74) is -4.43. The normalized spacial score (nSPS) is 17.5. The number of halogens is 6. The number of ether oxygens (including phenoxy) is 4. The number of fused-ring (bicyclic) bond motifs is 1. The van der Waals surface area contributed by atoms with Gasteiger partial charge in [0.15, 0.2) is 5.60 Å². The minimum absolute atomic E-state index is 0.00802. The number of hydrogen-bond donors (Lipinski definition) is 6. The maximum absolute atomic E-state index is 14.3. The molecule has 0 aromatic heterocycles. The van der Waals surface area contributed by atoms with Crippen LogP contribution in [0.1, 0.15) is 68.2 Å². The first-order valence-electron chi connectivity index (χ1n) is 18.3. The lowest BCUT2D eigenvalue weighted by Crippen LogP contribution is -2.60. The molecule has 1 aromatic rings. The molecule has 4 atom stereocenters. The van der Waals surface area contributed by atoms with Gasteiger partial charge in [0.2, 0.25) is 11.8 Å². The average molecular weight is 859 g/mol. The van der Waals surface area contributed by atoms with E-state index >= 15 is 0 Å². The summed E-state index contributed by atoms with van der Waals surface area (Å²) >= 11 is 0. The Hall–Kier alpha value is -5.06. The molecule has 1 aliphatic rings. The number of alkyl carbamates (subject to hydrolysis) is 2. The quantitative estimate of drug-likeness (QED) is 0.0577. The van der Waals surface area contributed by atoms with Crippen molar-refractivity contribution in [1.29, 1.82) is 0 Å². The fraction of sp³-hybridized carbons (Fsp3) is 0.667. The smallest absolute Gasteiger partial charge is 0.455 e. The van der Waals surface area contributed by atoms with E-state index in [2.05, 4.69) is 21.3 Å². The standard InChI is InChI=1S/C36H52F6N6O11/c1-20-26(45-18-34(8,55)29(52)46-19-35(38,39)36(40,41)42)27(50)48(23-17-21(37)9-11-24(23)57-20)15-16-56-30(53)44-14-13-43-25(49)12-10-22(28(51)58-32(2,3)4)47-31(54)59-33(5,6)7/h9,11,17,20,22,26,45,55H,10,12-16,18-19H2,1-8H3,(H,43,49)(H,44,53)(H,46,52)(H,47,54)/t20-,22+,26+,34+/m1/s1. The van der Waals surface area contributed by atoms with Crippen LogP contribution in [0.2, 0.25) is 0 Å². The second kappa shape index (κ2) is 20.3. The van der Waals surface area contributed by atoms with Crippen molar-refractivity contribution in [3.05, 3.63) is 24.0 Å². The number of nitrogens with zero attached hydrogens (tertiary/aromatic N) is 1. The van der Waals surface area contributed by atoms with Crippen LogP contribution >= 0.6 is 0 Å². The third-order valence-corrected chi connectivity index (χ3v) is 7.87. The zero-order chi connectivity index (χ0) is 45.1. The van der Waals surface area contributed by atoms with Crippen LogP contribution in [0.5, 0.6) is 5.75 Å². The molecule has 0 spiro atoms. The van der Waals surface area contributed by atoms with Crippen LogP contribution in [0.3, 0.4) is 0 Å². The molecule has 0 radical (unpaired) electrons. The third kappa shape index (κ3) is 16.6. The van der Waals surface area contributed by atoms with Crippen molar-refractivity contribution in [3.8, 4) is 5.75 Å². The van der Waals surface area contributed by atoms with Gasteiger partial charge in [-0.15, -0.1) is 0 Å². The number of esters is 1. The fourth-order valence-electron chi connectivity index (χ4n) is 4.99. The molecule has 0 aliphatic carbocycles. The zero-order valence-electron chi connectivity index (χ0n) is 33.9. The molecule has 0 bridgehead atoms. The number of hydrogen-bond acceptors (Lipinski definition) is 12. The van der Waals surface area contributed by atoms with Crippen LogP contribution in [0, 0.1) is 5.82 Å². The van der Waals surface area contributed by atoms with Gasteiger partial charge in [-0.25, -0.2) is 18.8 Å². The van der Waals surface area contributed by atoms with Gasteiger partial charge in [-0.2, -0.15) is 22.0 Å². The van der Waals surface area contributed by atoms with Gasteiger partial charge in [0.25, 0.3) is 5.91 Å². The van der Waals surface area contributed by atoms with Crippen molar-refractivity contribution in [3.63, 3.8) is 0 Å². The van der Waals surface area contributed by atoms with Gasteiger partial charge in [0, 0.05) is 32.1 Å². The second-order valence-electron chi connectivity index (χ2n) is 15.6. The first kappa shape index (κ1) is 50.1. The van der Waals surface area contributed by atoms with E-state index in [0.717, 1.165) is 24.0 Å². The predicted molar refractivity (Wildman–Crippen MR) is 196 cm³/mol. The largest absolute Gasteiger partial charge is 0.486 e. The summed E-state index contributed by atoms with van der Waals surface area (Å²) in [5.74, 6) is -9.82. The minimum atomic E-state index is -5.97. The van der Waals surface area contributed by atoms with Gasteiger partial charge < -0.3 is 50.2 Å². The van der Waals surface area contributed by atoms with Crippen LogP contribution < -0.4 is 36.2 Å². The van der Waals surface area contributed by atoms with E-state index in [9.17, 15) is 60.2 Å². The first-order chi connectivity index (χ1) is 26.9. The van der Waals surface area contributed by atoms with E-state index in [0.29, 0.717) is 0 Å². The van der Waals surface area contributed by atoms with E-state index in [1.165, 1.54) is 18.3 Å². The topological polar surface area (TPSA) is 223 Å². The molecule has 59 heavy (non-hydrogen) atoms. The fourth-order valence-corrected chi connectivity index (χ4v) is 4.99. The van der Waals surface area contributed by atoms with Crippen molar-refractivity contribution in [1.82, 2.24) is 26.6 Å². The number of benzene rings is 1. The van der Waals surface area contributed by atoms with E-state index in [1.807, 2.05) is 0 Å². The molecule has 5 amide bonds. The predicted octanol–water partition coefficient (Wildman–Crippen LogP) is 2.82. The van der Waals surface area contributed by atoms with Gasteiger partial charge in [0.05, 0.1) is 18.8 Å². The number of anilines is 1. The lowest BCUT2D eigenvalue weighted by atomic mass is 10.0. The highest BCUT2D eigenvalue weighted by molar-refractivity contribution is 5.99. The third-order valence-electron chi connectivity index (χ3n) is 7.87. The molecule has 0 fully saturated rings. The first-order valence-corrected chi connectivity index (χ1v) is 18.3. The molecule has 334 valence electrons. The number of aliphatic hydroxyl groups is 1. The number of carbonyl (C=O) groups is 6. The Morgan fingerprint density at radius 1 is 0.881 bits per heavy atom. The molecule has 17 nitrogen and oxygen atoms in total. The molecule has 1 heterocycles. The van der Waals surface area contributed by atoms with Crippen molar-refractivity contribution in [2.45, 2.75) is 115 Å². The summed E-state index contributed by atoms with van der Waals surface area (Å²) in [6.45, 7) is 7.91. The molecule has 23 heteroatoms. The molecule has 1 aromatic carbocycles. The Morgan fingerprint density at radius 3 is 2.08 bits per heavy atom. The lowest BCUT2D eigenvalue weighted by Gasteiger charge is -2.30. The summed E-state index contributed by atoms with van der Waals surface area (Å²) in [5, 5.41) is 21.8. The van der Waals surface area contributed by atoms with Crippen LogP contribution in [0.4, 0.5) is 41.6 Å². The summed E-state index contributed by atoms with van der Waals surface area (Å²) in [6.07, 6.45) is -9.28. The number of amides is 5.